The Bertz CT molecular complexity index is 1290. The minimum atomic E-state index is -4.71. The van der Waals surface area contributed by atoms with Gasteiger partial charge in [-0.1, -0.05) is 0 Å². The number of nitrogens with one attached hydrogen (secondary N) is 1. The molecule has 0 spiro atoms. The Labute approximate surface area is 205 Å². The van der Waals surface area contributed by atoms with E-state index in [2.05, 4.69) is 10.1 Å². The number of carbonyl (C=O) groups excluding carboxylic acids is 1. The largest absolute Gasteiger partial charge is 0.418 e. The Balaban J connectivity index is 1.23. The number of fused-ring (bicyclic) bond motifs is 1. The maximum atomic E-state index is 13.3. The molecule has 0 atom stereocenters. The van der Waals surface area contributed by atoms with Gasteiger partial charge < -0.3 is 19.1 Å². The number of anilines is 1. The Kier molecular flexibility index (Phi) is 7.43. The topological polar surface area (TPSA) is 96.3 Å². The average molecular weight is 532 g/mol. The van der Waals surface area contributed by atoms with Crippen molar-refractivity contribution in [2.75, 3.05) is 44.3 Å². The summed E-state index contributed by atoms with van der Waals surface area (Å²) in [4.78, 5) is 31.6. The van der Waals surface area contributed by atoms with Crippen molar-refractivity contribution >= 4 is 22.6 Å². The number of aromatic amines is 1. The zero-order valence-corrected chi connectivity index (χ0v) is 19.3. The van der Waals surface area contributed by atoms with Crippen molar-refractivity contribution < 1.29 is 35.9 Å². The lowest BCUT2D eigenvalue weighted by Crippen LogP contribution is -2.49. The molecule has 4 rings (SSSR count). The van der Waals surface area contributed by atoms with Crippen LogP contribution in [0.5, 0.6) is 0 Å². The maximum Gasteiger partial charge on any atom is 0.418 e. The summed E-state index contributed by atoms with van der Waals surface area (Å²) in [5.74, 6) is 0.216. The van der Waals surface area contributed by atoms with E-state index in [1.165, 1.54) is 10.6 Å². The Morgan fingerprint density at radius 1 is 1.00 bits per heavy atom. The average Bonchev–Trinajstić information content (AvgIpc) is 3.24. The third-order valence-electron chi connectivity index (χ3n) is 5.97. The monoisotopic (exact) mass is 532 g/mol. The molecular weight excluding hydrogens is 510 g/mol. The summed E-state index contributed by atoms with van der Waals surface area (Å²) in [6.45, 7) is 1.60. The van der Waals surface area contributed by atoms with Crippen molar-refractivity contribution in [1.29, 1.82) is 0 Å². The van der Waals surface area contributed by atoms with Crippen LogP contribution < -0.4 is 10.5 Å². The normalized spacial score (nSPS) is 15.0. The summed E-state index contributed by atoms with van der Waals surface area (Å²) in [7, 11) is 0. The second-order valence-corrected chi connectivity index (χ2v) is 8.33. The summed E-state index contributed by atoms with van der Waals surface area (Å²) in [5, 5.41) is 5.06. The molecule has 1 N–H and O–H groups in total. The molecule has 0 aliphatic carbocycles. The predicted molar refractivity (Wildman–Crippen MR) is 119 cm³/mol. The van der Waals surface area contributed by atoms with Crippen molar-refractivity contribution in [3.63, 3.8) is 0 Å². The molecule has 0 unspecified atom stereocenters. The van der Waals surface area contributed by atoms with Crippen molar-refractivity contribution in [2.45, 2.75) is 25.3 Å². The molecule has 4 heterocycles. The highest BCUT2D eigenvalue weighted by Gasteiger charge is 2.36. The van der Waals surface area contributed by atoms with E-state index in [1.807, 2.05) is 5.10 Å². The molecule has 1 amide bonds. The summed E-state index contributed by atoms with van der Waals surface area (Å²) in [6.07, 6.45) is -6.37. The molecule has 0 saturated carbocycles. The van der Waals surface area contributed by atoms with Crippen molar-refractivity contribution in [3.8, 4) is 0 Å². The van der Waals surface area contributed by atoms with Crippen molar-refractivity contribution in [3.05, 3.63) is 52.2 Å². The van der Waals surface area contributed by atoms with Gasteiger partial charge in [-0.3, -0.25) is 9.59 Å². The van der Waals surface area contributed by atoms with Crippen molar-refractivity contribution in [1.82, 2.24) is 24.6 Å². The molecule has 37 heavy (non-hydrogen) atoms. The van der Waals surface area contributed by atoms with Crippen LogP contribution >= 0.6 is 0 Å². The van der Waals surface area contributed by atoms with E-state index in [-0.39, 0.29) is 37.6 Å². The summed E-state index contributed by atoms with van der Waals surface area (Å²) < 4.78 is 84.6. The number of nitrogens with zero attached hydrogens (tertiary/aromatic N) is 5. The number of pyridine rings is 1. The van der Waals surface area contributed by atoms with Crippen LogP contribution in [0.4, 0.5) is 32.2 Å². The zero-order chi connectivity index (χ0) is 26.8. The number of carbonyl (C=O) groups is 1. The lowest BCUT2D eigenvalue weighted by atomic mass is 10.2. The molecule has 200 valence electrons. The second kappa shape index (κ2) is 10.4. The van der Waals surface area contributed by atoms with Gasteiger partial charge in [0.2, 0.25) is 5.91 Å². The third kappa shape index (κ3) is 6.03. The summed E-state index contributed by atoms with van der Waals surface area (Å²) >= 11 is 0. The summed E-state index contributed by atoms with van der Waals surface area (Å²) in [6, 6.07) is 2.26. The maximum absolute atomic E-state index is 13.3. The quantitative estimate of drug-likeness (QED) is 0.372. The molecular formula is C22H22F6N6O3. The van der Waals surface area contributed by atoms with Gasteiger partial charge >= 0.3 is 12.4 Å². The van der Waals surface area contributed by atoms with Crippen LogP contribution in [-0.4, -0.2) is 69.9 Å². The van der Waals surface area contributed by atoms with Gasteiger partial charge in [0.15, 0.2) is 0 Å². The van der Waals surface area contributed by atoms with Crippen LogP contribution in [-0.2, 0) is 28.4 Å². The first-order valence-corrected chi connectivity index (χ1v) is 11.2. The van der Waals surface area contributed by atoms with Crippen LogP contribution in [0.1, 0.15) is 17.5 Å². The summed E-state index contributed by atoms with van der Waals surface area (Å²) in [5.41, 5.74) is -2.81. The molecule has 1 fully saturated rings. The van der Waals surface area contributed by atoms with Crippen LogP contribution in [0.3, 0.4) is 0 Å². The van der Waals surface area contributed by atoms with Crippen LogP contribution in [0.25, 0.3) is 10.9 Å². The van der Waals surface area contributed by atoms with Gasteiger partial charge in [0, 0.05) is 45.1 Å². The molecule has 0 radical (unpaired) electrons. The molecule has 0 aromatic carbocycles. The first kappa shape index (κ1) is 26.4. The van der Waals surface area contributed by atoms with Crippen LogP contribution in [0.15, 0.2) is 35.5 Å². The van der Waals surface area contributed by atoms with E-state index in [4.69, 9.17) is 4.74 Å². The van der Waals surface area contributed by atoms with Crippen LogP contribution in [0, 0.1) is 0 Å². The van der Waals surface area contributed by atoms with Gasteiger partial charge in [-0.15, -0.1) is 0 Å². The number of halogens is 6. The van der Waals surface area contributed by atoms with E-state index in [9.17, 15) is 35.9 Å². The van der Waals surface area contributed by atoms with E-state index >= 15 is 0 Å². The highest BCUT2D eigenvalue weighted by atomic mass is 19.4. The van der Waals surface area contributed by atoms with Gasteiger partial charge in [0.1, 0.15) is 5.82 Å². The van der Waals surface area contributed by atoms with Gasteiger partial charge in [-0.2, -0.15) is 31.4 Å². The molecule has 3 aromatic heterocycles. The minimum Gasteiger partial charge on any atom is -0.379 e. The highest BCUT2D eigenvalue weighted by Crippen LogP contribution is 2.34. The first-order chi connectivity index (χ1) is 17.4. The zero-order valence-electron chi connectivity index (χ0n) is 19.3. The molecule has 15 heteroatoms. The Hall–Kier alpha value is -3.62. The number of ether oxygens (including phenoxy) is 1. The fourth-order valence-corrected chi connectivity index (χ4v) is 4.07. The van der Waals surface area contributed by atoms with E-state index in [0.29, 0.717) is 32.0 Å². The van der Waals surface area contributed by atoms with E-state index in [0.717, 1.165) is 24.7 Å². The van der Waals surface area contributed by atoms with Crippen molar-refractivity contribution in [2.24, 2.45) is 0 Å². The van der Waals surface area contributed by atoms with Gasteiger partial charge in [0.25, 0.3) is 5.56 Å². The number of rotatable bonds is 7. The predicted octanol–water partition coefficient (Wildman–Crippen LogP) is 2.91. The van der Waals surface area contributed by atoms with Gasteiger partial charge in [-0.25, -0.2) is 10.1 Å². The molecule has 3 aromatic rings. The Morgan fingerprint density at radius 3 is 2.35 bits per heavy atom. The number of hydrogen-bond acceptors (Lipinski definition) is 6. The number of alkyl halides is 6. The number of H-pyrrole nitrogens is 1. The Morgan fingerprint density at radius 2 is 1.73 bits per heavy atom. The van der Waals surface area contributed by atoms with Crippen LogP contribution in [0.2, 0.25) is 0 Å². The van der Waals surface area contributed by atoms with E-state index in [1.54, 1.807) is 9.80 Å². The fraction of sp³-hybridized carbons (Fsp3) is 0.455. The van der Waals surface area contributed by atoms with Gasteiger partial charge in [0.05, 0.1) is 47.9 Å². The van der Waals surface area contributed by atoms with Gasteiger partial charge in [-0.05, 0) is 12.1 Å². The lowest BCUT2D eigenvalue weighted by molar-refractivity contribution is -0.138. The molecule has 0 bridgehead atoms. The lowest BCUT2D eigenvalue weighted by Gasteiger charge is -2.35. The number of hydrogen-bond donors (Lipinski definition) is 1. The SMILES string of the molecule is O=C(CCOCCn1cc(C(F)(F)F)c2c(=O)[nH]ncc21)N1CCN(c2ccc(C(F)(F)F)cn2)CC1. The fourth-order valence-electron chi connectivity index (χ4n) is 4.07. The number of aromatic nitrogens is 4. The molecule has 1 aliphatic rings. The number of piperazine rings is 1. The number of amides is 1. The minimum absolute atomic E-state index is 0.00846. The molecule has 1 saturated heterocycles. The standard InChI is InChI=1S/C22H22F6N6O3/c23-21(24,25)14-1-2-17(29-11-14)32-4-6-33(7-5-32)18(35)3-9-37-10-8-34-13-15(22(26,27)28)19-16(34)12-30-31-20(19)36/h1-2,11-13H,3-10H2,(H,31,36). The van der Waals surface area contributed by atoms with E-state index < -0.39 is 34.4 Å². The molecule has 9 nitrogen and oxygen atoms in total. The second-order valence-electron chi connectivity index (χ2n) is 8.33. The first-order valence-electron chi connectivity index (χ1n) is 11.2. The highest BCUT2D eigenvalue weighted by molar-refractivity contribution is 5.82. The smallest absolute Gasteiger partial charge is 0.379 e. The molecule has 1 aliphatic heterocycles. The third-order valence-corrected chi connectivity index (χ3v) is 5.97.